The highest BCUT2D eigenvalue weighted by Gasteiger charge is 2.98. The number of hydrogen-bond acceptors (Lipinski definition) is 15. The van der Waals surface area contributed by atoms with Crippen LogP contribution in [0.3, 0.4) is 0 Å². The number of fused-ring (bicyclic) bond motifs is 2. The van der Waals surface area contributed by atoms with Gasteiger partial charge in [0.2, 0.25) is 16.8 Å². The van der Waals surface area contributed by atoms with Crippen LogP contribution in [0.4, 0.5) is 5.82 Å². The maximum Gasteiger partial charge on any atom is 0.342 e. The van der Waals surface area contributed by atoms with E-state index in [0.29, 0.717) is 18.4 Å². The van der Waals surface area contributed by atoms with Crippen molar-refractivity contribution in [3.05, 3.63) is 24.2 Å². The fourth-order valence-electron chi connectivity index (χ4n) is 5.72. The molecule has 256 valence electrons. The number of ether oxygens (including phenoxy) is 5. The van der Waals surface area contributed by atoms with Gasteiger partial charge in [0.25, 0.3) is 0 Å². The van der Waals surface area contributed by atoms with Gasteiger partial charge in [0, 0.05) is 12.8 Å². The molecule has 2 aliphatic rings. The Labute approximate surface area is 270 Å². The average molecular weight is 680 g/mol. The molecule has 2 aromatic rings. The number of nitrogens with one attached hydrogen (secondary N) is 2. The number of aromatic nitrogens is 3. The van der Waals surface area contributed by atoms with E-state index in [1.807, 2.05) is 6.07 Å². The molecule has 1 saturated heterocycles. The Morgan fingerprint density at radius 2 is 1.66 bits per heavy atom. The lowest BCUT2D eigenvalue weighted by Gasteiger charge is -2.37. The Morgan fingerprint density at radius 3 is 2.19 bits per heavy atom. The quantitative estimate of drug-likeness (QED) is 0.135. The molecule has 19 heteroatoms. The Hall–Kier alpha value is -4.14. The van der Waals surface area contributed by atoms with Gasteiger partial charge in [-0.25, -0.2) is 19.7 Å². The fraction of sp³-hybridized carbons (Fsp3) is 0.607. The number of carbonyl (C=O) groups is 4. The van der Waals surface area contributed by atoms with E-state index in [1.165, 1.54) is 30.5 Å². The van der Waals surface area contributed by atoms with Gasteiger partial charge in [-0.2, -0.15) is 10.4 Å². The van der Waals surface area contributed by atoms with Crippen molar-refractivity contribution >= 4 is 42.9 Å². The van der Waals surface area contributed by atoms with Crippen LogP contribution in [0.5, 0.6) is 0 Å². The largest absolute Gasteiger partial charge is 0.468 e. The summed E-state index contributed by atoms with van der Waals surface area (Å²) in [4.78, 5) is 55.3. The number of hydrogen-bond donors (Lipinski definition) is 3. The lowest BCUT2D eigenvalue weighted by atomic mass is 9.89. The molecule has 47 heavy (non-hydrogen) atoms. The van der Waals surface area contributed by atoms with Crippen LogP contribution in [0.2, 0.25) is 0 Å². The molecule has 1 aliphatic carbocycles. The van der Waals surface area contributed by atoms with Crippen LogP contribution in [0.15, 0.2) is 18.5 Å². The highest BCUT2D eigenvalue weighted by molar-refractivity contribution is 7.54. The molecule has 2 fully saturated rings. The number of rotatable bonds is 15. The summed E-state index contributed by atoms with van der Waals surface area (Å²) in [6.07, 6.45) is -0.0503. The van der Waals surface area contributed by atoms with Gasteiger partial charge in [-0.15, -0.1) is 0 Å². The van der Waals surface area contributed by atoms with Crippen molar-refractivity contribution < 1.29 is 52.0 Å². The van der Waals surface area contributed by atoms with Crippen LogP contribution >= 0.6 is 7.67 Å². The maximum absolute atomic E-state index is 14.5. The van der Waals surface area contributed by atoms with Crippen LogP contribution < -0.4 is 15.9 Å². The number of anilines is 1. The number of carbonyl (C=O) groups excluding carboxylic acids is 4. The van der Waals surface area contributed by atoms with Crippen LogP contribution in [0, 0.1) is 11.3 Å². The Balaban J connectivity index is 1.95. The summed E-state index contributed by atoms with van der Waals surface area (Å²) in [5, 5.41) is 19.9. The van der Waals surface area contributed by atoms with Gasteiger partial charge in [0.05, 0.1) is 26.5 Å². The highest BCUT2D eigenvalue weighted by Crippen LogP contribution is 2.72. The molecule has 4 N–H and O–H groups in total. The molecule has 1 aliphatic heterocycles. The lowest BCUT2D eigenvalue weighted by molar-refractivity contribution is -0.198. The van der Waals surface area contributed by atoms with E-state index in [1.54, 1.807) is 13.8 Å². The van der Waals surface area contributed by atoms with E-state index >= 15 is 0 Å². The van der Waals surface area contributed by atoms with E-state index in [2.05, 4.69) is 20.3 Å². The number of nitrogen functional groups attached to an aromatic ring is 1. The minimum atomic E-state index is -4.62. The van der Waals surface area contributed by atoms with Crippen molar-refractivity contribution in [2.75, 3.05) is 26.6 Å². The molecule has 0 aromatic carbocycles. The van der Waals surface area contributed by atoms with Crippen molar-refractivity contribution in [3.8, 4) is 6.07 Å². The molecule has 2 aromatic heterocycles. The number of nitrogens with zero attached hydrogens (tertiary/aromatic N) is 4. The van der Waals surface area contributed by atoms with E-state index in [-0.39, 0.29) is 24.4 Å². The standard InChI is InChI=1S/C28H38N7O11P/c1-7-9-20(36)44-27(19-12-11-18-22(30)31-15-32-35(18)19)14-43-26(13-29)25(28(26,27)45-21(37)10-8-2)46-47(40,33-16(3)23(38)41-5)34-17(4)24(39)42-6/h11-12,15-17,25H,7-10,14H2,1-6H3,(H2,30,31,32)(H2,33,34,40)/t16-,17-,25?,26+,27-,28+/m0/s1. The lowest BCUT2D eigenvalue weighted by Crippen LogP contribution is -2.53. The molecule has 1 saturated carbocycles. The van der Waals surface area contributed by atoms with Crippen LogP contribution in [0.1, 0.15) is 59.1 Å². The SMILES string of the molecule is CCCC(=O)O[C@]12C(OP(=O)(N[C@@H](C)C(=O)OC)N[C@@H](C)C(=O)OC)[C@@]1(C#N)OC[C@]2(OC(=O)CCC)c1ccc2c(N)ncnn12. The molecule has 4 rings (SSSR count). The van der Waals surface area contributed by atoms with Crippen molar-refractivity contribution in [3.63, 3.8) is 0 Å². The smallest absolute Gasteiger partial charge is 0.342 e. The summed E-state index contributed by atoms with van der Waals surface area (Å²) >= 11 is 0. The zero-order valence-corrected chi connectivity index (χ0v) is 27.7. The first-order chi connectivity index (χ1) is 22.2. The van der Waals surface area contributed by atoms with Gasteiger partial charge in [0.15, 0.2) is 11.9 Å². The summed E-state index contributed by atoms with van der Waals surface area (Å²) < 4.78 is 49.7. The van der Waals surface area contributed by atoms with Gasteiger partial charge in [-0.05, 0) is 38.8 Å². The van der Waals surface area contributed by atoms with Gasteiger partial charge in [-0.3, -0.25) is 28.3 Å². The molecule has 18 nitrogen and oxygen atoms in total. The molecular formula is C28H38N7O11P. The van der Waals surface area contributed by atoms with E-state index in [9.17, 15) is 29.0 Å². The first-order valence-electron chi connectivity index (χ1n) is 14.8. The molecule has 0 bridgehead atoms. The normalized spacial score (nSPS) is 26.0. The Kier molecular flexibility index (Phi) is 10.3. The summed E-state index contributed by atoms with van der Waals surface area (Å²) in [5.74, 6) is -3.16. The second-order valence-corrected chi connectivity index (χ2v) is 12.9. The van der Waals surface area contributed by atoms with Crippen molar-refractivity contribution in [2.45, 2.75) is 88.4 Å². The number of methoxy groups -OCH3 is 2. The second-order valence-electron chi connectivity index (χ2n) is 11.1. The summed E-state index contributed by atoms with van der Waals surface area (Å²) in [6, 6.07) is 2.47. The monoisotopic (exact) mass is 679 g/mol. The summed E-state index contributed by atoms with van der Waals surface area (Å²) in [7, 11) is -2.40. The third-order valence-corrected chi connectivity index (χ3v) is 9.90. The fourth-order valence-corrected chi connectivity index (χ4v) is 7.74. The average Bonchev–Trinajstić information content (AvgIpc) is 3.28. The first kappa shape index (κ1) is 35.7. The van der Waals surface area contributed by atoms with Gasteiger partial charge in [-0.1, -0.05) is 13.8 Å². The van der Waals surface area contributed by atoms with Crippen molar-refractivity contribution in [2.24, 2.45) is 0 Å². The van der Waals surface area contributed by atoms with Crippen molar-refractivity contribution in [1.29, 1.82) is 5.26 Å². The third-order valence-electron chi connectivity index (χ3n) is 7.93. The number of esters is 4. The molecule has 1 unspecified atom stereocenters. The van der Waals surface area contributed by atoms with E-state index in [4.69, 9.17) is 33.9 Å². The summed E-state index contributed by atoms with van der Waals surface area (Å²) in [6.45, 7) is 5.59. The summed E-state index contributed by atoms with van der Waals surface area (Å²) in [5.41, 5.74) is -0.166. The second kappa shape index (κ2) is 13.5. The minimum absolute atomic E-state index is 0.0683. The molecule has 0 spiro atoms. The third kappa shape index (κ3) is 5.93. The van der Waals surface area contributed by atoms with Gasteiger partial charge < -0.3 is 29.4 Å². The number of nitriles is 1. The molecule has 0 radical (unpaired) electrons. The van der Waals surface area contributed by atoms with Crippen LogP contribution in [-0.4, -0.2) is 88.7 Å². The minimum Gasteiger partial charge on any atom is -0.468 e. The first-order valence-corrected chi connectivity index (χ1v) is 16.4. The predicted octanol–water partition coefficient (Wildman–Crippen LogP) is 1.03. The zero-order valence-electron chi connectivity index (χ0n) is 26.8. The van der Waals surface area contributed by atoms with E-state index < -0.39 is 73.1 Å². The van der Waals surface area contributed by atoms with Crippen LogP contribution in [0.25, 0.3) is 5.52 Å². The number of nitrogens with two attached hydrogens (primary N) is 1. The topological polar surface area (TPSA) is 245 Å². The van der Waals surface area contributed by atoms with Crippen molar-refractivity contribution in [1.82, 2.24) is 24.8 Å². The Bertz CT molecular complexity index is 1620. The predicted molar refractivity (Wildman–Crippen MR) is 160 cm³/mol. The van der Waals surface area contributed by atoms with Gasteiger partial charge >= 0.3 is 31.5 Å². The molecular weight excluding hydrogens is 641 g/mol. The molecule has 6 atom stereocenters. The molecule has 3 heterocycles. The van der Waals surface area contributed by atoms with Crippen LogP contribution in [-0.2, 0) is 57.6 Å². The molecule has 0 amide bonds. The maximum atomic E-state index is 14.5. The highest BCUT2D eigenvalue weighted by atomic mass is 31.2. The van der Waals surface area contributed by atoms with E-state index in [0.717, 1.165) is 20.5 Å². The Morgan fingerprint density at radius 1 is 1.09 bits per heavy atom. The van der Waals surface area contributed by atoms with Gasteiger partial charge in [0.1, 0.15) is 30.0 Å². The zero-order chi connectivity index (χ0) is 34.8.